The van der Waals surface area contributed by atoms with Crippen molar-refractivity contribution in [2.45, 2.75) is 32.7 Å². The van der Waals surface area contributed by atoms with Crippen molar-refractivity contribution in [3.8, 4) is 0 Å². The summed E-state index contributed by atoms with van der Waals surface area (Å²) in [5, 5.41) is 3.22. The first-order valence-electron chi connectivity index (χ1n) is 5.02. The van der Waals surface area contributed by atoms with E-state index in [-0.39, 0.29) is 6.04 Å². The highest BCUT2D eigenvalue weighted by molar-refractivity contribution is 5.34. The van der Waals surface area contributed by atoms with Crippen LogP contribution in [-0.4, -0.2) is 22.6 Å². The Labute approximate surface area is 85.0 Å². The molecule has 0 saturated carbocycles. The van der Waals surface area contributed by atoms with Crippen molar-refractivity contribution in [2.24, 2.45) is 5.73 Å². The summed E-state index contributed by atoms with van der Waals surface area (Å²) in [5.41, 5.74) is 6.70. The predicted molar refractivity (Wildman–Crippen MR) is 58.2 cm³/mol. The van der Waals surface area contributed by atoms with E-state index in [1.165, 1.54) is 0 Å². The van der Waals surface area contributed by atoms with Crippen LogP contribution in [-0.2, 0) is 6.42 Å². The van der Waals surface area contributed by atoms with Crippen LogP contribution in [0.3, 0.4) is 0 Å². The molecule has 1 heterocycles. The molecule has 0 fully saturated rings. The number of anilines is 1. The van der Waals surface area contributed by atoms with Crippen LogP contribution in [0, 0.1) is 0 Å². The van der Waals surface area contributed by atoms with Gasteiger partial charge in [0.2, 0.25) is 0 Å². The Balaban J connectivity index is 2.42. The minimum atomic E-state index is 0.231. The Morgan fingerprint density at radius 3 is 2.93 bits per heavy atom. The zero-order valence-corrected chi connectivity index (χ0v) is 8.83. The van der Waals surface area contributed by atoms with Crippen LogP contribution in [0.25, 0.3) is 0 Å². The highest BCUT2D eigenvalue weighted by Crippen LogP contribution is 2.04. The standard InChI is InChI=1S/C10H18N4/c1-3-9-6-10(14-7-13-9)12-5-4-8(2)11/h6-8H,3-5,11H2,1-2H3,(H,12,13,14). The molecule has 3 N–H and O–H groups in total. The molecule has 78 valence electrons. The smallest absolute Gasteiger partial charge is 0.129 e. The first kappa shape index (κ1) is 10.9. The zero-order valence-electron chi connectivity index (χ0n) is 8.83. The van der Waals surface area contributed by atoms with E-state index in [9.17, 15) is 0 Å². The lowest BCUT2D eigenvalue weighted by atomic mass is 10.2. The topological polar surface area (TPSA) is 63.8 Å². The fourth-order valence-electron chi connectivity index (χ4n) is 1.12. The molecule has 1 rings (SSSR count). The summed E-state index contributed by atoms with van der Waals surface area (Å²) in [7, 11) is 0. The number of aryl methyl sites for hydroxylation is 1. The number of nitrogens with two attached hydrogens (primary N) is 1. The van der Waals surface area contributed by atoms with Crippen LogP contribution in [0.4, 0.5) is 5.82 Å². The normalized spacial score (nSPS) is 12.5. The molecule has 1 atom stereocenters. The van der Waals surface area contributed by atoms with E-state index in [1.54, 1.807) is 6.33 Å². The summed E-state index contributed by atoms with van der Waals surface area (Å²) in [6.45, 7) is 4.94. The van der Waals surface area contributed by atoms with Crippen LogP contribution in [0.5, 0.6) is 0 Å². The summed E-state index contributed by atoms with van der Waals surface area (Å²) >= 11 is 0. The Hall–Kier alpha value is -1.16. The van der Waals surface area contributed by atoms with Gasteiger partial charge in [0.05, 0.1) is 0 Å². The average Bonchev–Trinajstić information content (AvgIpc) is 2.18. The van der Waals surface area contributed by atoms with E-state index in [4.69, 9.17) is 5.73 Å². The third-order valence-electron chi connectivity index (χ3n) is 1.99. The minimum absolute atomic E-state index is 0.231. The van der Waals surface area contributed by atoms with Gasteiger partial charge in [0.1, 0.15) is 12.1 Å². The number of hydrogen-bond acceptors (Lipinski definition) is 4. The second-order valence-electron chi connectivity index (χ2n) is 3.44. The minimum Gasteiger partial charge on any atom is -0.370 e. The third kappa shape index (κ3) is 3.70. The zero-order chi connectivity index (χ0) is 10.4. The molecule has 1 aromatic rings. The second kappa shape index (κ2) is 5.54. The molecular weight excluding hydrogens is 176 g/mol. The Morgan fingerprint density at radius 1 is 1.50 bits per heavy atom. The molecular formula is C10H18N4. The van der Waals surface area contributed by atoms with E-state index < -0.39 is 0 Å². The summed E-state index contributed by atoms with van der Waals surface area (Å²) in [6.07, 6.45) is 3.48. The van der Waals surface area contributed by atoms with E-state index in [1.807, 2.05) is 13.0 Å². The number of rotatable bonds is 5. The number of aromatic nitrogens is 2. The van der Waals surface area contributed by atoms with Gasteiger partial charge >= 0.3 is 0 Å². The summed E-state index contributed by atoms with van der Waals surface area (Å²) < 4.78 is 0. The lowest BCUT2D eigenvalue weighted by molar-refractivity contribution is 0.689. The molecule has 1 aromatic heterocycles. The molecule has 1 unspecified atom stereocenters. The van der Waals surface area contributed by atoms with Gasteiger partial charge < -0.3 is 11.1 Å². The van der Waals surface area contributed by atoms with Crippen molar-refractivity contribution in [2.75, 3.05) is 11.9 Å². The SMILES string of the molecule is CCc1cc(NCCC(C)N)ncn1. The molecule has 0 aromatic carbocycles. The fourth-order valence-corrected chi connectivity index (χ4v) is 1.12. The Bertz CT molecular complexity index is 273. The molecule has 0 bridgehead atoms. The monoisotopic (exact) mass is 194 g/mol. The van der Waals surface area contributed by atoms with Crippen LogP contribution in [0.2, 0.25) is 0 Å². The Kier molecular flexibility index (Phi) is 4.32. The van der Waals surface area contributed by atoms with Crippen LogP contribution < -0.4 is 11.1 Å². The van der Waals surface area contributed by atoms with Crippen LogP contribution >= 0.6 is 0 Å². The quantitative estimate of drug-likeness (QED) is 0.739. The lowest BCUT2D eigenvalue weighted by Crippen LogP contribution is -2.19. The fraction of sp³-hybridized carbons (Fsp3) is 0.600. The number of nitrogens with zero attached hydrogens (tertiary/aromatic N) is 2. The van der Waals surface area contributed by atoms with Gasteiger partial charge in [-0.15, -0.1) is 0 Å². The van der Waals surface area contributed by atoms with Gasteiger partial charge in [-0.1, -0.05) is 6.92 Å². The van der Waals surface area contributed by atoms with Crippen LogP contribution in [0.15, 0.2) is 12.4 Å². The van der Waals surface area contributed by atoms with Gasteiger partial charge in [-0.3, -0.25) is 0 Å². The van der Waals surface area contributed by atoms with E-state index in [0.29, 0.717) is 0 Å². The van der Waals surface area contributed by atoms with Crippen molar-refractivity contribution < 1.29 is 0 Å². The van der Waals surface area contributed by atoms with E-state index >= 15 is 0 Å². The van der Waals surface area contributed by atoms with Gasteiger partial charge in [-0.25, -0.2) is 9.97 Å². The molecule has 4 heteroatoms. The molecule has 0 aliphatic heterocycles. The summed E-state index contributed by atoms with van der Waals surface area (Å²) in [4.78, 5) is 8.25. The molecule has 0 radical (unpaired) electrons. The average molecular weight is 194 g/mol. The van der Waals surface area contributed by atoms with Crippen molar-refractivity contribution >= 4 is 5.82 Å². The lowest BCUT2D eigenvalue weighted by Gasteiger charge is -2.07. The second-order valence-corrected chi connectivity index (χ2v) is 3.44. The molecule has 0 amide bonds. The van der Waals surface area contributed by atoms with Gasteiger partial charge in [-0.05, 0) is 19.8 Å². The van der Waals surface area contributed by atoms with Crippen molar-refractivity contribution in [3.05, 3.63) is 18.1 Å². The first-order chi connectivity index (χ1) is 6.72. The summed E-state index contributed by atoms with van der Waals surface area (Å²) in [6, 6.07) is 2.20. The van der Waals surface area contributed by atoms with E-state index in [0.717, 1.165) is 30.9 Å². The molecule has 0 spiro atoms. The Morgan fingerprint density at radius 2 is 2.29 bits per heavy atom. The number of hydrogen-bond donors (Lipinski definition) is 2. The van der Waals surface area contributed by atoms with Gasteiger partial charge in [0, 0.05) is 24.3 Å². The molecule has 0 aliphatic rings. The third-order valence-corrected chi connectivity index (χ3v) is 1.99. The number of nitrogens with one attached hydrogen (secondary N) is 1. The van der Waals surface area contributed by atoms with Gasteiger partial charge in [0.15, 0.2) is 0 Å². The van der Waals surface area contributed by atoms with Gasteiger partial charge in [0.25, 0.3) is 0 Å². The predicted octanol–water partition coefficient (Wildman–Crippen LogP) is 1.19. The van der Waals surface area contributed by atoms with E-state index in [2.05, 4.69) is 22.2 Å². The summed E-state index contributed by atoms with van der Waals surface area (Å²) in [5.74, 6) is 0.887. The first-order valence-corrected chi connectivity index (χ1v) is 5.02. The molecule has 0 saturated heterocycles. The molecule has 4 nitrogen and oxygen atoms in total. The highest BCUT2D eigenvalue weighted by Gasteiger charge is 1.97. The van der Waals surface area contributed by atoms with Gasteiger partial charge in [-0.2, -0.15) is 0 Å². The van der Waals surface area contributed by atoms with Crippen LogP contribution in [0.1, 0.15) is 26.0 Å². The maximum Gasteiger partial charge on any atom is 0.129 e. The van der Waals surface area contributed by atoms with Crippen molar-refractivity contribution in [1.29, 1.82) is 0 Å². The maximum atomic E-state index is 5.64. The molecule has 0 aliphatic carbocycles. The van der Waals surface area contributed by atoms with Crippen molar-refractivity contribution in [1.82, 2.24) is 9.97 Å². The maximum absolute atomic E-state index is 5.64. The highest BCUT2D eigenvalue weighted by atomic mass is 15.0. The van der Waals surface area contributed by atoms with Crippen molar-refractivity contribution in [3.63, 3.8) is 0 Å². The largest absolute Gasteiger partial charge is 0.370 e. The molecule has 14 heavy (non-hydrogen) atoms.